The number of nitrogens with one attached hydrogen (secondary N) is 2. The highest BCUT2D eigenvalue weighted by Gasteiger charge is 2.37. The molecule has 33 heavy (non-hydrogen) atoms. The zero-order chi connectivity index (χ0) is 24.6. The number of rotatable bonds is 5. The summed E-state index contributed by atoms with van der Waals surface area (Å²) < 4.78 is 118. The highest BCUT2D eigenvalue weighted by molar-refractivity contribution is 5.57. The van der Waals surface area contributed by atoms with Crippen LogP contribution in [0.5, 0.6) is 0 Å². The molecule has 3 rings (SSSR count). The van der Waals surface area contributed by atoms with Crippen LogP contribution in [0.2, 0.25) is 0 Å². The summed E-state index contributed by atoms with van der Waals surface area (Å²) in [4.78, 5) is 0. The molecule has 0 saturated carbocycles. The first-order valence-corrected chi connectivity index (χ1v) is 9.79. The zero-order valence-corrected chi connectivity index (χ0v) is 16.8. The third-order valence-electron chi connectivity index (χ3n) is 5.31. The predicted molar refractivity (Wildman–Crippen MR) is 101 cm³/mol. The largest absolute Gasteiger partial charge is 0.416 e. The first-order valence-electron chi connectivity index (χ1n) is 9.79. The lowest BCUT2D eigenvalue weighted by Crippen LogP contribution is -2.35. The molecule has 2 unspecified atom stereocenters. The molecule has 2 aromatic rings. The van der Waals surface area contributed by atoms with Crippen LogP contribution in [-0.4, -0.2) is 17.8 Å². The van der Waals surface area contributed by atoms with Crippen molar-refractivity contribution in [2.75, 3.05) is 11.9 Å². The maximum atomic E-state index is 13.2. The normalized spacial score (nSPS) is 19.2. The first-order chi connectivity index (χ1) is 15.2. The Bertz CT molecular complexity index is 951. The van der Waals surface area contributed by atoms with E-state index >= 15 is 0 Å². The van der Waals surface area contributed by atoms with Crippen molar-refractivity contribution in [3.63, 3.8) is 0 Å². The number of fused-ring (bicyclic) bond motifs is 1. The molecule has 2 aromatic carbocycles. The fourth-order valence-corrected chi connectivity index (χ4v) is 3.75. The van der Waals surface area contributed by atoms with Crippen LogP contribution in [-0.2, 0) is 25.1 Å². The van der Waals surface area contributed by atoms with Crippen LogP contribution < -0.4 is 10.6 Å². The summed E-state index contributed by atoms with van der Waals surface area (Å²) >= 11 is 0. The SMILES string of the molecule is OCCC1CC(NCc2cc(C(F)(F)F)cc(C(F)(F)F)c2)c2cc(C(F)(F)F)ccc2N1. The second kappa shape index (κ2) is 9.05. The van der Waals surface area contributed by atoms with Crippen LogP contribution in [0.25, 0.3) is 0 Å². The number of halogens is 9. The van der Waals surface area contributed by atoms with Gasteiger partial charge in [0.05, 0.1) is 16.7 Å². The minimum atomic E-state index is -5.01. The molecule has 1 heterocycles. The average Bonchev–Trinajstić information content (AvgIpc) is 2.69. The molecule has 0 spiro atoms. The number of aliphatic hydroxyl groups is 1. The molecule has 0 radical (unpaired) electrons. The Morgan fingerprint density at radius 2 is 1.39 bits per heavy atom. The van der Waals surface area contributed by atoms with Gasteiger partial charge in [-0.25, -0.2) is 0 Å². The lowest BCUT2D eigenvalue weighted by Gasteiger charge is -2.34. The van der Waals surface area contributed by atoms with Crippen LogP contribution in [0.1, 0.15) is 46.7 Å². The van der Waals surface area contributed by atoms with Gasteiger partial charge in [0, 0.05) is 30.9 Å². The van der Waals surface area contributed by atoms with Gasteiger partial charge in [-0.15, -0.1) is 0 Å². The number of hydrogen-bond acceptors (Lipinski definition) is 3. The first kappa shape index (κ1) is 25.2. The molecule has 1 aliphatic heterocycles. The highest BCUT2D eigenvalue weighted by Crippen LogP contribution is 2.39. The molecule has 3 N–H and O–H groups in total. The second-order valence-electron chi connectivity index (χ2n) is 7.74. The molecule has 3 nitrogen and oxygen atoms in total. The lowest BCUT2D eigenvalue weighted by atomic mass is 9.90. The van der Waals surface area contributed by atoms with E-state index in [9.17, 15) is 44.6 Å². The van der Waals surface area contributed by atoms with Gasteiger partial charge >= 0.3 is 18.5 Å². The number of benzene rings is 2. The standard InChI is InChI=1S/C21H19F9N2O/c22-19(23,24)12-1-2-17-16(8-12)18(9-15(32-17)3-4-33)31-10-11-5-13(20(25,26)27)7-14(6-11)21(28,29)30/h1-2,5-8,15,18,31-33H,3-4,9-10H2. The van der Waals surface area contributed by atoms with Crippen molar-refractivity contribution in [1.29, 1.82) is 0 Å². The molecule has 2 atom stereocenters. The van der Waals surface area contributed by atoms with Gasteiger partial charge in [-0.2, -0.15) is 39.5 Å². The Balaban J connectivity index is 1.93. The molecule has 0 fully saturated rings. The van der Waals surface area contributed by atoms with Crippen LogP contribution in [0.15, 0.2) is 36.4 Å². The monoisotopic (exact) mass is 486 g/mol. The summed E-state index contributed by atoms with van der Waals surface area (Å²) in [5, 5.41) is 15.0. The predicted octanol–water partition coefficient (Wildman–Crippen LogP) is 6.14. The van der Waals surface area contributed by atoms with E-state index in [1.54, 1.807) is 0 Å². The Labute approximate surface area is 182 Å². The van der Waals surface area contributed by atoms with Gasteiger partial charge in [-0.05, 0) is 60.4 Å². The maximum Gasteiger partial charge on any atom is 0.416 e. The van der Waals surface area contributed by atoms with Crippen molar-refractivity contribution >= 4 is 5.69 Å². The highest BCUT2D eigenvalue weighted by atomic mass is 19.4. The van der Waals surface area contributed by atoms with Crippen molar-refractivity contribution in [2.24, 2.45) is 0 Å². The molecule has 0 aromatic heterocycles. The van der Waals surface area contributed by atoms with E-state index in [2.05, 4.69) is 10.6 Å². The summed E-state index contributed by atoms with van der Waals surface area (Å²) in [5.74, 6) is 0. The van der Waals surface area contributed by atoms with Crippen LogP contribution >= 0.6 is 0 Å². The van der Waals surface area contributed by atoms with Crippen molar-refractivity contribution in [3.05, 3.63) is 64.2 Å². The van der Waals surface area contributed by atoms with Gasteiger partial charge in [0.25, 0.3) is 0 Å². The van der Waals surface area contributed by atoms with Crippen LogP contribution in [0.4, 0.5) is 45.2 Å². The van der Waals surface area contributed by atoms with Crippen LogP contribution in [0, 0.1) is 0 Å². The topological polar surface area (TPSA) is 44.3 Å². The molecule has 0 saturated heterocycles. The minimum absolute atomic E-state index is 0.0101. The Morgan fingerprint density at radius 3 is 1.91 bits per heavy atom. The quantitative estimate of drug-likeness (QED) is 0.445. The number of alkyl halides is 9. The molecular formula is C21H19F9N2O. The van der Waals surface area contributed by atoms with E-state index in [0.29, 0.717) is 17.8 Å². The van der Waals surface area contributed by atoms with E-state index in [1.165, 1.54) is 6.07 Å². The third kappa shape index (κ3) is 6.11. The van der Waals surface area contributed by atoms with Crippen LogP contribution in [0.3, 0.4) is 0 Å². The molecule has 0 aliphatic carbocycles. The zero-order valence-electron chi connectivity index (χ0n) is 16.8. The lowest BCUT2D eigenvalue weighted by molar-refractivity contribution is -0.143. The van der Waals surface area contributed by atoms with E-state index in [4.69, 9.17) is 0 Å². The Kier molecular flexibility index (Phi) is 6.90. The maximum absolute atomic E-state index is 13.2. The summed E-state index contributed by atoms with van der Waals surface area (Å²) in [6.45, 7) is -0.665. The Hall–Kier alpha value is -2.47. The van der Waals surface area contributed by atoms with Gasteiger partial charge in [0.1, 0.15) is 0 Å². The van der Waals surface area contributed by atoms with Crippen molar-refractivity contribution in [2.45, 2.75) is 50.0 Å². The van der Waals surface area contributed by atoms with E-state index in [-0.39, 0.29) is 42.7 Å². The summed E-state index contributed by atoms with van der Waals surface area (Å²) in [7, 11) is 0. The average molecular weight is 486 g/mol. The Morgan fingerprint density at radius 1 is 0.818 bits per heavy atom. The summed E-state index contributed by atoms with van der Waals surface area (Å²) in [5.41, 5.74) is -3.68. The third-order valence-corrected chi connectivity index (χ3v) is 5.31. The molecule has 0 amide bonds. The fourth-order valence-electron chi connectivity index (χ4n) is 3.75. The van der Waals surface area contributed by atoms with Crippen molar-refractivity contribution in [3.8, 4) is 0 Å². The van der Waals surface area contributed by atoms with Gasteiger partial charge in [0.2, 0.25) is 0 Å². The summed E-state index contributed by atoms with van der Waals surface area (Å²) in [6, 6.07) is 2.96. The van der Waals surface area contributed by atoms with E-state index in [1.807, 2.05) is 0 Å². The smallest absolute Gasteiger partial charge is 0.396 e. The fraction of sp³-hybridized carbons (Fsp3) is 0.429. The van der Waals surface area contributed by atoms with Gasteiger partial charge in [-0.1, -0.05) is 0 Å². The molecule has 1 aliphatic rings. The summed E-state index contributed by atoms with van der Waals surface area (Å²) in [6.07, 6.45) is -14.2. The van der Waals surface area contributed by atoms with Crippen molar-refractivity contribution in [1.82, 2.24) is 5.32 Å². The molecular weight excluding hydrogens is 467 g/mol. The molecule has 182 valence electrons. The van der Waals surface area contributed by atoms with Gasteiger partial charge in [-0.3, -0.25) is 0 Å². The number of hydrogen-bond donors (Lipinski definition) is 3. The van der Waals surface area contributed by atoms with Gasteiger partial charge in [0.15, 0.2) is 0 Å². The second-order valence-corrected chi connectivity index (χ2v) is 7.74. The minimum Gasteiger partial charge on any atom is -0.396 e. The number of aliphatic hydroxyl groups excluding tert-OH is 1. The van der Waals surface area contributed by atoms with Gasteiger partial charge < -0.3 is 15.7 Å². The number of anilines is 1. The molecule has 0 bridgehead atoms. The van der Waals surface area contributed by atoms with Crippen molar-refractivity contribution < 1.29 is 44.6 Å². The van der Waals surface area contributed by atoms with E-state index in [0.717, 1.165) is 12.1 Å². The van der Waals surface area contributed by atoms with E-state index < -0.39 is 47.8 Å². The molecule has 12 heteroatoms.